The van der Waals surface area contributed by atoms with Crippen LogP contribution in [0, 0.1) is 0 Å². The number of thiazole rings is 1. The van der Waals surface area contributed by atoms with E-state index in [0.29, 0.717) is 12.1 Å². The second kappa shape index (κ2) is 4.71. The van der Waals surface area contributed by atoms with Crippen molar-refractivity contribution in [1.82, 2.24) is 10.3 Å². The fourth-order valence-electron chi connectivity index (χ4n) is 1.82. The molecule has 1 aromatic rings. The number of allylic oxidation sites excluding steroid dienone is 1. The molecule has 1 N–H and O–H groups in total. The van der Waals surface area contributed by atoms with Crippen LogP contribution in [0.2, 0.25) is 0 Å². The van der Waals surface area contributed by atoms with Crippen LogP contribution in [-0.4, -0.2) is 11.0 Å². The van der Waals surface area contributed by atoms with E-state index in [1.807, 2.05) is 11.7 Å². The van der Waals surface area contributed by atoms with Crippen LogP contribution in [0.25, 0.3) is 0 Å². The Bertz CT molecular complexity index is 292. The first-order chi connectivity index (χ1) is 6.86. The lowest BCUT2D eigenvalue weighted by Crippen LogP contribution is -2.31. The van der Waals surface area contributed by atoms with Gasteiger partial charge < -0.3 is 5.32 Å². The van der Waals surface area contributed by atoms with Crippen molar-refractivity contribution in [3.63, 3.8) is 0 Å². The molecule has 0 radical (unpaired) electrons. The van der Waals surface area contributed by atoms with Gasteiger partial charge in [-0.3, -0.25) is 4.98 Å². The van der Waals surface area contributed by atoms with Gasteiger partial charge in [-0.2, -0.15) is 0 Å². The van der Waals surface area contributed by atoms with Crippen LogP contribution in [0.1, 0.15) is 37.1 Å². The second-order valence-corrected chi connectivity index (χ2v) is 4.69. The summed E-state index contributed by atoms with van der Waals surface area (Å²) < 4.78 is 0. The predicted octanol–water partition coefficient (Wildman–Crippen LogP) is 2.90. The van der Waals surface area contributed by atoms with Gasteiger partial charge in [0.15, 0.2) is 0 Å². The summed E-state index contributed by atoms with van der Waals surface area (Å²) in [4.78, 5) is 5.43. The predicted molar refractivity (Wildman–Crippen MR) is 60.4 cm³/mol. The monoisotopic (exact) mass is 208 g/mol. The first-order valence-corrected chi connectivity index (χ1v) is 6.03. The van der Waals surface area contributed by atoms with Crippen molar-refractivity contribution >= 4 is 11.3 Å². The summed E-state index contributed by atoms with van der Waals surface area (Å²) in [5, 5.41) is 3.64. The normalized spacial score (nSPS) is 23.6. The van der Waals surface area contributed by atoms with E-state index in [2.05, 4.69) is 29.4 Å². The van der Waals surface area contributed by atoms with E-state index in [-0.39, 0.29) is 0 Å². The third-order valence-electron chi connectivity index (χ3n) is 2.63. The van der Waals surface area contributed by atoms with Gasteiger partial charge in [-0.1, -0.05) is 12.2 Å². The molecule has 1 aliphatic rings. The molecule has 2 rings (SSSR count). The summed E-state index contributed by atoms with van der Waals surface area (Å²) in [6.45, 7) is 2.21. The third kappa shape index (κ3) is 2.42. The Labute approximate surface area is 89.1 Å². The van der Waals surface area contributed by atoms with Crippen LogP contribution in [0.3, 0.4) is 0 Å². The van der Waals surface area contributed by atoms with Crippen LogP contribution >= 0.6 is 11.3 Å². The quantitative estimate of drug-likeness (QED) is 0.773. The average Bonchev–Trinajstić information content (AvgIpc) is 2.72. The van der Waals surface area contributed by atoms with Gasteiger partial charge in [0, 0.05) is 23.2 Å². The van der Waals surface area contributed by atoms with Crippen molar-refractivity contribution in [2.24, 2.45) is 0 Å². The molecule has 0 bridgehead atoms. The summed E-state index contributed by atoms with van der Waals surface area (Å²) >= 11 is 1.73. The van der Waals surface area contributed by atoms with E-state index in [0.717, 1.165) is 0 Å². The lowest BCUT2D eigenvalue weighted by molar-refractivity contribution is 0.429. The smallest absolute Gasteiger partial charge is 0.0794 e. The first-order valence-electron chi connectivity index (χ1n) is 5.15. The van der Waals surface area contributed by atoms with Gasteiger partial charge in [0.05, 0.1) is 5.51 Å². The molecule has 2 nitrogen and oxygen atoms in total. The molecule has 0 amide bonds. The van der Waals surface area contributed by atoms with E-state index in [4.69, 9.17) is 0 Å². The highest BCUT2D eigenvalue weighted by atomic mass is 32.1. The zero-order chi connectivity index (χ0) is 9.80. The van der Waals surface area contributed by atoms with Crippen LogP contribution < -0.4 is 5.32 Å². The first kappa shape index (κ1) is 9.87. The molecule has 0 saturated carbocycles. The summed E-state index contributed by atoms with van der Waals surface area (Å²) in [7, 11) is 0. The number of nitrogens with one attached hydrogen (secondary N) is 1. The zero-order valence-corrected chi connectivity index (χ0v) is 9.26. The fourth-order valence-corrected chi connectivity index (χ4v) is 2.46. The van der Waals surface area contributed by atoms with E-state index in [1.54, 1.807) is 11.3 Å². The summed E-state index contributed by atoms with van der Waals surface area (Å²) in [5.74, 6) is 0. The molecule has 2 unspecified atom stereocenters. The number of hydrogen-bond donors (Lipinski definition) is 1. The summed E-state index contributed by atoms with van der Waals surface area (Å²) in [6, 6.07) is 1.09. The zero-order valence-electron chi connectivity index (χ0n) is 8.44. The molecule has 0 aromatic carbocycles. The van der Waals surface area contributed by atoms with Crippen LogP contribution in [0.4, 0.5) is 0 Å². The van der Waals surface area contributed by atoms with Crippen molar-refractivity contribution in [1.29, 1.82) is 0 Å². The molecule has 76 valence electrons. The highest BCUT2D eigenvalue weighted by molar-refractivity contribution is 7.09. The SMILES string of the molecule is CC(NC1CC=CCC1)c1cncs1. The Morgan fingerprint density at radius 1 is 1.57 bits per heavy atom. The number of aromatic nitrogens is 1. The lowest BCUT2D eigenvalue weighted by Gasteiger charge is -2.23. The van der Waals surface area contributed by atoms with Gasteiger partial charge >= 0.3 is 0 Å². The minimum atomic E-state index is 0.444. The van der Waals surface area contributed by atoms with Crippen molar-refractivity contribution < 1.29 is 0 Å². The molecule has 0 saturated heterocycles. The number of rotatable bonds is 3. The standard InChI is InChI=1S/C11H16N2S/c1-9(11-7-12-8-14-11)13-10-5-3-2-4-6-10/h2-3,7-10,13H,4-6H2,1H3. The molecule has 2 atom stereocenters. The van der Waals surface area contributed by atoms with Crippen LogP contribution in [-0.2, 0) is 0 Å². The Hall–Kier alpha value is -0.670. The lowest BCUT2D eigenvalue weighted by atomic mass is 10.0. The molecule has 14 heavy (non-hydrogen) atoms. The third-order valence-corrected chi connectivity index (χ3v) is 3.59. The molecule has 3 heteroatoms. The number of hydrogen-bond acceptors (Lipinski definition) is 3. The molecule has 1 aromatic heterocycles. The molecule has 1 heterocycles. The Morgan fingerprint density at radius 3 is 3.14 bits per heavy atom. The van der Waals surface area contributed by atoms with E-state index < -0.39 is 0 Å². The van der Waals surface area contributed by atoms with Crippen LogP contribution in [0.15, 0.2) is 23.9 Å². The maximum Gasteiger partial charge on any atom is 0.0794 e. The van der Waals surface area contributed by atoms with E-state index in [1.165, 1.54) is 24.1 Å². The fraction of sp³-hybridized carbons (Fsp3) is 0.545. The van der Waals surface area contributed by atoms with E-state index in [9.17, 15) is 0 Å². The molecular weight excluding hydrogens is 192 g/mol. The van der Waals surface area contributed by atoms with Crippen LogP contribution in [0.5, 0.6) is 0 Å². The van der Waals surface area contributed by atoms with Gasteiger partial charge in [0.2, 0.25) is 0 Å². The molecule has 0 fully saturated rings. The highest BCUT2D eigenvalue weighted by Gasteiger charge is 2.14. The minimum Gasteiger partial charge on any atom is -0.306 e. The Kier molecular flexibility index (Phi) is 3.32. The van der Waals surface area contributed by atoms with Gasteiger partial charge in [-0.15, -0.1) is 11.3 Å². The van der Waals surface area contributed by atoms with Crippen molar-refractivity contribution in [2.75, 3.05) is 0 Å². The van der Waals surface area contributed by atoms with E-state index >= 15 is 0 Å². The maximum atomic E-state index is 4.10. The second-order valence-electron chi connectivity index (χ2n) is 3.77. The average molecular weight is 208 g/mol. The van der Waals surface area contributed by atoms with Gasteiger partial charge in [-0.25, -0.2) is 0 Å². The largest absolute Gasteiger partial charge is 0.306 e. The maximum absolute atomic E-state index is 4.10. The molecule has 0 aliphatic heterocycles. The molecule has 0 spiro atoms. The summed E-state index contributed by atoms with van der Waals surface area (Å²) in [5.41, 5.74) is 1.90. The Morgan fingerprint density at radius 2 is 2.50 bits per heavy atom. The van der Waals surface area contributed by atoms with Gasteiger partial charge in [0.25, 0.3) is 0 Å². The molecular formula is C11H16N2S. The summed E-state index contributed by atoms with van der Waals surface area (Å²) in [6.07, 6.45) is 10.2. The highest BCUT2D eigenvalue weighted by Crippen LogP contribution is 2.20. The van der Waals surface area contributed by atoms with Gasteiger partial charge in [-0.05, 0) is 26.2 Å². The molecule has 1 aliphatic carbocycles. The van der Waals surface area contributed by atoms with Crippen molar-refractivity contribution in [3.05, 3.63) is 28.7 Å². The van der Waals surface area contributed by atoms with Crippen molar-refractivity contribution in [2.45, 2.75) is 38.3 Å². The minimum absolute atomic E-state index is 0.444. The van der Waals surface area contributed by atoms with Crippen molar-refractivity contribution in [3.8, 4) is 0 Å². The Balaban J connectivity index is 1.88. The van der Waals surface area contributed by atoms with Gasteiger partial charge in [0.1, 0.15) is 0 Å². The topological polar surface area (TPSA) is 24.9 Å². The number of nitrogens with zero attached hydrogens (tertiary/aromatic N) is 1.